The molecular weight excluding hydrogens is 488 g/mol. The van der Waals surface area contributed by atoms with E-state index in [2.05, 4.69) is 70.6 Å². The molecule has 0 aliphatic rings. The molecule has 1 atom stereocenters. The van der Waals surface area contributed by atoms with E-state index in [1.54, 1.807) is 0 Å². The zero-order valence-corrected chi connectivity index (χ0v) is 17.4. The van der Waals surface area contributed by atoms with Crippen molar-refractivity contribution < 1.29 is 10.1 Å². The van der Waals surface area contributed by atoms with Gasteiger partial charge in [-0.1, -0.05) is 95.8 Å². The van der Waals surface area contributed by atoms with Crippen LogP contribution in [0.5, 0.6) is 0 Å². The Morgan fingerprint density at radius 2 is 1.70 bits per heavy atom. The molecule has 2 rings (SSSR count). The molecule has 0 saturated carbocycles. The summed E-state index contributed by atoms with van der Waals surface area (Å²) >= 11 is 10.6. The van der Waals surface area contributed by atoms with Crippen LogP contribution in [0.15, 0.2) is 54.6 Å². The van der Waals surface area contributed by atoms with Crippen LogP contribution in [0.1, 0.15) is 21.5 Å². The van der Waals surface area contributed by atoms with E-state index < -0.39 is 2.14 Å². The second kappa shape index (κ2) is 8.42. The quantitative estimate of drug-likeness (QED) is 0.473. The molecule has 0 heterocycles. The largest absolute Gasteiger partial charge is 0.320 e. The molecular formula is C17H18Br3N2O+. The van der Waals surface area contributed by atoms with Crippen molar-refractivity contribution in [2.24, 2.45) is 0 Å². The zero-order valence-electron chi connectivity index (χ0n) is 12.6. The van der Waals surface area contributed by atoms with Gasteiger partial charge in [0.05, 0.1) is 0 Å². The summed E-state index contributed by atoms with van der Waals surface area (Å²) in [4.78, 5) is 12.4. The Bertz CT molecular complexity index is 639. The van der Waals surface area contributed by atoms with Gasteiger partial charge in [0.2, 0.25) is 2.14 Å². The summed E-state index contributed by atoms with van der Waals surface area (Å²) in [5, 5.41) is 5.08. The van der Waals surface area contributed by atoms with Gasteiger partial charge in [0.25, 0.3) is 5.91 Å². The molecule has 0 fully saturated rings. The minimum atomic E-state index is -0.595. The van der Waals surface area contributed by atoms with Gasteiger partial charge in [0.15, 0.2) is 6.17 Å². The van der Waals surface area contributed by atoms with Crippen LogP contribution in [0.3, 0.4) is 0 Å². The van der Waals surface area contributed by atoms with Crippen LogP contribution in [-0.4, -0.2) is 14.2 Å². The number of aryl methyl sites for hydroxylation is 1. The number of rotatable bonds is 5. The Labute approximate surface area is 161 Å². The highest BCUT2D eigenvalue weighted by Gasteiger charge is 2.35. The lowest BCUT2D eigenvalue weighted by molar-refractivity contribution is -0.705. The molecule has 23 heavy (non-hydrogen) atoms. The van der Waals surface area contributed by atoms with Gasteiger partial charge < -0.3 is 10.6 Å². The van der Waals surface area contributed by atoms with Crippen LogP contribution in [0, 0.1) is 6.92 Å². The molecule has 0 radical (unpaired) electrons. The Morgan fingerprint density at radius 3 is 2.26 bits per heavy atom. The molecule has 6 heteroatoms. The van der Waals surface area contributed by atoms with Crippen molar-refractivity contribution in [1.82, 2.24) is 5.32 Å². The predicted octanol–water partition coefficient (Wildman–Crippen LogP) is 3.65. The number of quaternary nitrogens is 1. The molecule has 122 valence electrons. The van der Waals surface area contributed by atoms with Gasteiger partial charge >= 0.3 is 0 Å². The third-order valence-electron chi connectivity index (χ3n) is 3.39. The molecule has 0 aliphatic carbocycles. The summed E-state index contributed by atoms with van der Waals surface area (Å²) in [6.07, 6.45) is -0.239. The number of hydrogen-bond donors (Lipinski definition) is 2. The van der Waals surface area contributed by atoms with Crippen molar-refractivity contribution in [3.8, 4) is 0 Å². The number of halogens is 3. The van der Waals surface area contributed by atoms with E-state index in [1.165, 1.54) is 5.56 Å². The molecule has 3 N–H and O–H groups in total. The maximum Gasteiger partial charge on any atom is 0.255 e. The van der Waals surface area contributed by atoms with Crippen molar-refractivity contribution in [3.05, 3.63) is 71.3 Å². The zero-order chi connectivity index (χ0) is 16.9. The number of benzene rings is 2. The first kappa shape index (κ1) is 18.6. The van der Waals surface area contributed by atoms with E-state index >= 15 is 0 Å². The standard InChI is InChI=1S/C17H17Br3N2O/c1-12-7-9-14(10-8-12)15(23)22-16(17(18,19)20)21-11-13-5-3-2-4-6-13/h2-10,16,21H,11H2,1H3,(H,22,23)/p+1. The summed E-state index contributed by atoms with van der Waals surface area (Å²) in [7, 11) is 0. The molecule has 1 amide bonds. The lowest BCUT2D eigenvalue weighted by atomic mass is 10.1. The monoisotopic (exact) mass is 503 g/mol. The van der Waals surface area contributed by atoms with Gasteiger partial charge in [-0.25, -0.2) is 0 Å². The molecule has 1 unspecified atom stereocenters. The van der Waals surface area contributed by atoms with Gasteiger partial charge in [0, 0.05) is 11.1 Å². The lowest BCUT2D eigenvalue weighted by Crippen LogP contribution is -2.95. The van der Waals surface area contributed by atoms with E-state index in [1.807, 2.05) is 49.4 Å². The number of carbonyl (C=O) groups is 1. The second-order valence-corrected chi connectivity index (χ2v) is 12.2. The molecule has 2 aromatic rings. The molecule has 2 aromatic carbocycles. The molecule has 0 saturated heterocycles. The van der Waals surface area contributed by atoms with Crippen LogP contribution in [0.4, 0.5) is 0 Å². The Morgan fingerprint density at radius 1 is 1.09 bits per heavy atom. The van der Waals surface area contributed by atoms with E-state index in [0.717, 1.165) is 12.1 Å². The van der Waals surface area contributed by atoms with Crippen LogP contribution in [0.2, 0.25) is 0 Å². The molecule has 0 spiro atoms. The van der Waals surface area contributed by atoms with Gasteiger partial charge in [-0.15, -0.1) is 0 Å². The number of amides is 1. The fourth-order valence-electron chi connectivity index (χ4n) is 2.07. The van der Waals surface area contributed by atoms with Gasteiger partial charge in [-0.3, -0.25) is 4.79 Å². The maximum absolute atomic E-state index is 12.4. The third-order valence-corrected chi connectivity index (χ3v) is 4.86. The van der Waals surface area contributed by atoms with Crippen molar-refractivity contribution in [1.29, 1.82) is 0 Å². The third kappa shape index (κ3) is 6.03. The Balaban J connectivity index is 2.04. The number of hydrogen-bond acceptors (Lipinski definition) is 1. The van der Waals surface area contributed by atoms with Crippen molar-refractivity contribution in [2.75, 3.05) is 0 Å². The fourth-order valence-corrected chi connectivity index (χ4v) is 2.98. The maximum atomic E-state index is 12.4. The van der Waals surface area contributed by atoms with E-state index in [0.29, 0.717) is 5.56 Å². The van der Waals surface area contributed by atoms with E-state index in [4.69, 9.17) is 0 Å². The van der Waals surface area contributed by atoms with Crippen LogP contribution < -0.4 is 10.6 Å². The average molecular weight is 506 g/mol. The normalized spacial score (nSPS) is 12.7. The number of alkyl halides is 3. The average Bonchev–Trinajstić information content (AvgIpc) is 2.51. The highest BCUT2D eigenvalue weighted by molar-refractivity contribution is 9.39. The Hall–Kier alpha value is -0.690. The minimum Gasteiger partial charge on any atom is -0.320 e. The highest BCUT2D eigenvalue weighted by atomic mass is 80.0. The smallest absolute Gasteiger partial charge is 0.255 e. The van der Waals surface area contributed by atoms with Crippen LogP contribution in [0.25, 0.3) is 0 Å². The highest BCUT2D eigenvalue weighted by Crippen LogP contribution is 2.34. The topological polar surface area (TPSA) is 45.7 Å². The van der Waals surface area contributed by atoms with Crippen molar-refractivity contribution in [3.63, 3.8) is 0 Å². The lowest BCUT2D eigenvalue weighted by Gasteiger charge is -2.24. The van der Waals surface area contributed by atoms with Crippen LogP contribution in [-0.2, 0) is 6.54 Å². The van der Waals surface area contributed by atoms with Crippen molar-refractivity contribution >= 4 is 53.7 Å². The predicted molar refractivity (Wildman–Crippen MR) is 104 cm³/mol. The van der Waals surface area contributed by atoms with Crippen LogP contribution >= 0.6 is 47.8 Å². The first-order valence-corrected chi connectivity index (χ1v) is 9.55. The summed E-state index contributed by atoms with van der Waals surface area (Å²) in [5.41, 5.74) is 2.97. The SMILES string of the molecule is Cc1ccc(C(=O)NC([NH2+]Cc2ccccc2)C(Br)(Br)Br)cc1. The second-order valence-electron chi connectivity index (χ2n) is 5.28. The summed E-state index contributed by atoms with van der Waals surface area (Å²) in [6, 6.07) is 17.7. The summed E-state index contributed by atoms with van der Waals surface area (Å²) in [5.74, 6) is -0.109. The molecule has 0 aliphatic heterocycles. The fraction of sp³-hybridized carbons (Fsp3) is 0.235. The Kier molecular flexibility index (Phi) is 6.83. The van der Waals surface area contributed by atoms with Gasteiger partial charge in [-0.05, 0) is 19.1 Å². The van der Waals surface area contributed by atoms with Gasteiger partial charge in [0.1, 0.15) is 6.54 Å². The van der Waals surface area contributed by atoms with Crippen molar-refractivity contribution in [2.45, 2.75) is 21.8 Å². The van der Waals surface area contributed by atoms with Gasteiger partial charge in [-0.2, -0.15) is 0 Å². The molecule has 3 nitrogen and oxygen atoms in total. The minimum absolute atomic E-state index is 0.109. The van der Waals surface area contributed by atoms with E-state index in [9.17, 15) is 4.79 Å². The summed E-state index contributed by atoms with van der Waals surface area (Å²) in [6.45, 7) is 2.75. The number of nitrogens with two attached hydrogens (primary N) is 1. The first-order chi connectivity index (χ1) is 10.9. The molecule has 0 bridgehead atoms. The molecule has 0 aromatic heterocycles. The first-order valence-electron chi connectivity index (χ1n) is 7.18. The van der Waals surface area contributed by atoms with E-state index in [-0.39, 0.29) is 12.1 Å². The number of nitrogens with one attached hydrogen (secondary N) is 1. The summed E-state index contributed by atoms with van der Waals surface area (Å²) < 4.78 is -0.595. The number of carbonyl (C=O) groups excluding carboxylic acids is 1.